The normalized spacial score (nSPS) is 12.5. The molecule has 2 N–H and O–H groups in total. The van der Waals surface area contributed by atoms with Gasteiger partial charge in [-0.25, -0.2) is 0 Å². The Balaban J connectivity index is 0.00000256. The van der Waals surface area contributed by atoms with Crippen LogP contribution in [0.15, 0.2) is 24.3 Å². The third-order valence-corrected chi connectivity index (χ3v) is 2.93. The Kier molecular flexibility index (Phi) is 5.66. The van der Waals surface area contributed by atoms with Crippen LogP contribution in [-0.4, -0.2) is 13.1 Å². The van der Waals surface area contributed by atoms with Crippen molar-refractivity contribution < 1.29 is 9.53 Å². The number of esters is 1. The molecular weight excluding hydrogens is 238 g/mol. The van der Waals surface area contributed by atoms with E-state index in [1.165, 1.54) is 12.7 Å². The first kappa shape index (κ1) is 15.9. The number of carbonyl (C=O) groups is 1. The Bertz CT molecular complexity index is 374. The van der Waals surface area contributed by atoms with Gasteiger partial charge < -0.3 is 10.5 Å². The summed E-state index contributed by atoms with van der Waals surface area (Å²) < 4.78 is 4.76. The van der Waals surface area contributed by atoms with Crippen LogP contribution >= 0.6 is 12.4 Å². The van der Waals surface area contributed by atoms with Crippen LogP contribution in [0.25, 0.3) is 0 Å². The number of hydrogen-bond acceptors (Lipinski definition) is 3. The molecule has 0 fully saturated rings. The number of methoxy groups -OCH3 is 1. The summed E-state index contributed by atoms with van der Waals surface area (Å²) in [5.74, 6) is -0.291. The number of hydrogen-bond donors (Lipinski definition) is 1. The minimum atomic E-state index is -0.718. The molecule has 0 bridgehead atoms. The Hall–Kier alpha value is -1.06. The summed E-state index contributed by atoms with van der Waals surface area (Å²) in [6.45, 7) is 5.60. The van der Waals surface area contributed by atoms with E-state index in [9.17, 15) is 4.79 Å². The summed E-state index contributed by atoms with van der Waals surface area (Å²) >= 11 is 0. The highest BCUT2D eigenvalue weighted by atomic mass is 35.5. The summed E-state index contributed by atoms with van der Waals surface area (Å²) in [5.41, 5.74) is 7.50. The third kappa shape index (κ3) is 3.45. The largest absolute Gasteiger partial charge is 0.469 e. The maximum Gasteiger partial charge on any atom is 0.313 e. The molecule has 0 aliphatic carbocycles. The quantitative estimate of drug-likeness (QED) is 0.847. The molecule has 0 saturated carbocycles. The van der Waals surface area contributed by atoms with Crippen LogP contribution in [-0.2, 0) is 9.53 Å². The topological polar surface area (TPSA) is 52.3 Å². The van der Waals surface area contributed by atoms with Gasteiger partial charge in [0.1, 0.15) is 0 Å². The predicted octanol–water partition coefficient (Wildman–Crippen LogP) is 2.62. The van der Waals surface area contributed by atoms with Gasteiger partial charge in [-0.2, -0.15) is 0 Å². The molecule has 1 aromatic carbocycles. The van der Waals surface area contributed by atoms with Crippen LogP contribution in [0, 0.1) is 12.3 Å². The van der Waals surface area contributed by atoms with Gasteiger partial charge >= 0.3 is 5.97 Å². The van der Waals surface area contributed by atoms with E-state index in [0.29, 0.717) is 0 Å². The van der Waals surface area contributed by atoms with E-state index < -0.39 is 5.41 Å². The molecule has 0 aliphatic heterocycles. The highest BCUT2D eigenvalue weighted by Crippen LogP contribution is 2.32. The number of nitrogens with two attached hydrogens (primary N) is 1. The molecule has 96 valence electrons. The Morgan fingerprint density at radius 1 is 1.29 bits per heavy atom. The van der Waals surface area contributed by atoms with E-state index in [0.717, 1.165) is 5.56 Å². The molecule has 0 aromatic heterocycles. The summed E-state index contributed by atoms with van der Waals surface area (Å²) in [6.07, 6.45) is 0. The molecule has 1 aromatic rings. The van der Waals surface area contributed by atoms with Gasteiger partial charge in [0.05, 0.1) is 12.5 Å². The molecule has 1 rings (SSSR count). The van der Waals surface area contributed by atoms with Crippen molar-refractivity contribution in [3.63, 3.8) is 0 Å². The number of carbonyl (C=O) groups excluding carboxylic acids is 1. The fourth-order valence-electron chi connectivity index (χ4n) is 1.58. The monoisotopic (exact) mass is 257 g/mol. The molecule has 1 atom stereocenters. The van der Waals surface area contributed by atoms with E-state index in [1.807, 2.05) is 31.2 Å². The van der Waals surface area contributed by atoms with E-state index in [1.54, 1.807) is 13.8 Å². The van der Waals surface area contributed by atoms with Crippen LogP contribution in [0.3, 0.4) is 0 Å². The van der Waals surface area contributed by atoms with Gasteiger partial charge in [-0.1, -0.05) is 29.8 Å². The first-order chi connectivity index (χ1) is 7.39. The van der Waals surface area contributed by atoms with Crippen LogP contribution in [0.1, 0.15) is 31.0 Å². The van der Waals surface area contributed by atoms with Crippen LogP contribution in [0.2, 0.25) is 0 Å². The summed E-state index contributed by atoms with van der Waals surface area (Å²) in [7, 11) is 1.38. The van der Waals surface area contributed by atoms with Crippen molar-refractivity contribution in [3.8, 4) is 0 Å². The summed E-state index contributed by atoms with van der Waals surface area (Å²) in [6, 6.07) is 7.51. The average molecular weight is 258 g/mol. The van der Waals surface area contributed by atoms with Gasteiger partial charge in [-0.05, 0) is 26.3 Å². The van der Waals surface area contributed by atoms with Gasteiger partial charge in [-0.3, -0.25) is 4.79 Å². The Morgan fingerprint density at radius 3 is 2.18 bits per heavy atom. The minimum absolute atomic E-state index is 0. The molecule has 3 nitrogen and oxygen atoms in total. The number of aryl methyl sites for hydroxylation is 1. The lowest BCUT2D eigenvalue weighted by atomic mass is 9.81. The van der Waals surface area contributed by atoms with Crippen molar-refractivity contribution in [1.82, 2.24) is 0 Å². The molecule has 4 heteroatoms. The van der Waals surface area contributed by atoms with Crippen molar-refractivity contribution in [2.24, 2.45) is 11.1 Å². The van der Waals surface area contributed by atoms with Crippen LogP contribution in [0.4, 0.5) is 0 Å². The maximum atomic E-state index is 11.6. The van der Waals surface area contributed by atoms with Crippen molar-refractivity contribution in [2.45, 2.75) is 26.8 Å². The van der Waals surface area contributed by atoms with Gasteiger partial charge in [0.2, 0.25) is 0 Å². The lowest BCUT2D eigenvalue weighted by Gasteiger charge is -2.28. The predicted molar refractivity (Wildman–Crippen MR) is 71.2 cm³/mol. The zero-order valence-corrected chi connectivity index (χ0v) is 11.5. The summed E-state index contributed by atoms with van der Waals surface area (Å²) in [5, 5.41) is 0. The molecule has 0 heterocycles. The lowest BCUT2D eigenvalue weighted by molar-refractivity contribution is -0.152. The molecule has 0 aliphatic rings. The highest BCUT2D eigenvalue weighted by molar-refractivity contribution is 5.85. The number of rotatable bonds is 3. The second-order valence-electron chi connectivity index (χ2n) is 4.60. The smallest absolute Gasteiger partial charge is 0.313 e. The number of halogens is 1. The third-order valence-electron chi connectivity index (χ3n) is 2.93. The van der Waals surface area contributed by atoms with E-state index in [4.69, 9.17) is 10.5 Å². The van der Waals surface area contributed by atoms with Crippen LogP contribution < -0.4 is 5.73 Å². The highest BCUT2D eigenvalue weighted by Gasteiger charge is 2.36. The van der Waals surface area contributed by atoms with E-state index in [2.05, 4.69) is 0 Å². The first-order valence-electron chi connectivity index (χ1n) is 5.30. The zero-order valence-electron chi connectivity index (χ0n) is 10.7. The SMILES string of the molecule is COC(=O)C(C)(C)[C@H](N)c1ccc(C)cc1.Cl. The van der Waals surface area contributed by atoms with Crippen molar-refractivity contribution >= 4 is 18.4 Å². The fourth-order valence-corrected chi connectivity index (χ4v) is 1.58. The average Bonchev–Trinajstić information content (AvgIpc) is 2.28. The second kappa shape index (κ2) is 6.03. The van der Waals surface area contributed by atoms with E-state index >= 15 is 0 Å². The minimum Gasteiger partial charge on any atom is -0.469 e. The molecule has 0 saturated heterocycles. The molecule has 0 unspecified atom stereocenters. The standard InChI is InChI=1S/C13H19NO2.ClH/c1-9-5-7-10(8-6-9)11(14)13(2,3)12(15)16-4;/h5-8,11H,14H2,1-4H3;1H/t11-;/m1./s1. The Morgan fingerprint density at radius 2 is 1.76 bits per heavy atom. The molecular formula is C13H20ClNO2. The second-order valence-corrected chi connectivity index (χ2v) is 4.60. The summed E-state index contributed by atoms with van der Waals surface area (Å²) in [4.78, 5) is 11.6. The molecule has 0 radical (unpaired) electrons. The lowest BCUT2D eigenvalue weighted by Crippen LogP contribution is -2.37. The number of benzene rings is 1. The molecule has 17 heavy (non-hydrogen) atoms. The van der Waals surface area contributed by atoms with Gasteiger partial charge in [0, 0.05) is 6.04 Å². The maximum absolute atomic E-state index is 11.6. The van der Waals surface area contributed by atoms with Gasteiger partial charge in [0.15, 0.2) is 0 Å². The van der Waals surface area contributed by atoms with Gasteiger partial charge in [-0.15, -0.1) is 12.4 Å². The van der Waals surface area contributed by atoms with Crippen molar-refractivity contribution in [1.29, 1.82) is 0 Å². The molecule has 0 spiro atoms. The van der Waals surface area contributed by atoms with E-state index in [-0.39, 0.29) is 24.4 Å². The number of ether oxygens (including phenoxy) is 1. The first-order valence-corrected chi connectivity index (χ1v) is 5.30. The molecule has 0 amide bonds. The van der Waals surface area contributed by atoms with Crippen LogP contribution in [0.5, 0.6) is 0 Å². The van der Waals surface area contributed by atoms with Crippen molar-refractivity contribution in [3.05, 3.63) is 35.4 Å². The van der Waals surface area contributed by atoms with Crippen molar-refractivity contribution in [2.75, 3.05) is 7.11 Å². The zero-order chi connectivity index (χ0) is 12.3. The van der Waals surface area contributed by atoms with Gasteiger partial charge in [0.25, 0.3) is 0 Å². The fraction of sp³-hybridized carbons (Fsp3) is 0.462. The Labute approximate surface area is 109 Å².